The maximum Gasteiger partial charge on any atom is 0.140 e. The Kier molecular flexibility index (Phi) is 3.69. The summed E-state index contributed by atoms with van der Waals surface area (Å²) in [5.41, 5.74) is 0. The van der Waals surface area contributed by atoms with E-state index in [2.05, 4.69) is 0 Å². The minimum Gasteiger partial charge on any atom is -0.396 e. The van der Waals surface area contributed by atoms with E-state index in [1.165, 1.54) is 0 Å². The second-order valence-corrected chi connectivity index (χ2v) is 3.51. The summed E-state index contributed by atoms with van der Waals surface area (Å²) >= 11 is 0. The standard InChI is InChI=1S/C9H16O3/c1-7(5-10)4-8-6-12-3-2-9(8)11/h7-8,10H,2-6H2,1H3. The summed E-state index contributed by atoms with van der Waals surface area (Å²) in [7, 11) is 0. The van der Waals surface area contributed by atoms with Crippen LogP contribution in [-0.2, 0) is 9.53 Å². The first-order chi connectivity index (χ1) is 5.74. The number of hydrogen-bond acceptors (Lipinski definition) is 3. The molecule has 3 nitrogen and oxygen atoms in total. The molecular formula is C9H16O3. The predicted molar refractivity (Wildman–Crippen MR) is 44.8 cm³/mol. The van der Waals surface area contributed by atoms with E-state index in [4.69, 9.17) is 9.84 Å². The maximum absolute atomic E-state index is 11.3. The highest BCUT2D eigenvalue weighted by Gasteiger charge is 2.24. The minimum atomic E-state index is 0.0286. The Morgan fingerprint density at radius 1 is 1.75 bits per heavy atom. The fourth-order valence-electron chi connectivity index (χ4n) is 1.46. The topological polar surface area (TPSA) is 46.5 Å². The molecule has 1 heterocycles. The molecule has 0 spiro atoms. The number of hydrogen-bond donors (Lipinski definition) is 1. The number of Topliss-reactive ketones (excluding diaryl/α,β-unsaturated/α-hetero) is 1. The Labute approximate surface area is 72.7 Å². The molecule has 0 radical (unpaired) electrons. The molecule has 0 aromatic rings. The summed E-state index contributed by atoms with van der Waals surface area (Å²) in [4.78, 5) is 11.3. The molecule has 0 aromatic heterocycles. The van der Waals surface area contributed by atoms with Crippen LogP contribution < -0.4 is 0 Å². The fourth-order valence-corrected chi connectivity index (χ4v) is 1.46. The van der Waals surface area contributed by atoms with Crippen LogP contribution in [0.5, 0.6) is 0 Å². The van der Waals surface area contributed by atoms with Gasteiger partial charge in [0.05, 0.1) is 13.2 Å². The number of aliphatic hydroxyl groups is 1. The minimum absolute atomic E-state index is 0.0286. The molecule has 0 amide bonds. The number of rotatable bonds is 3. The molecule has 0 aliphatic carbocycles. The molecule has 2 unspecified atom stereocenters. The zero-order chi connectivity index (χ0) is 8.97. The van der Waals surface area contributed by atoms with E-state index in [9.17, 15) is 4.79 Å². The summed E-state index contributed by atoms with van der Waals surface area (Å²) in [6.07, 6.45) is 1.30. The summed E-state index contributed by atoms with van der Waals surface area (Å²) in [6, 6.07) is 0. The second-order valence-electron chi connectivity index (χ2n) is 3.51. The molecule has 1 aliphatic rings. The van der Waals surface area contributed by atoms with Crippen LogP contribution in [0.25, 0.3) is 0 Å². The van der Waals surface area contributed by atoms with Crippen molar-refractivity contribution in [2.45, 2.75) is 19.8 Å². The van der Waals surface area contributed by atoms with Crippen LogP contribution in [0.2, 0.25) is 0 Å². The number of aliphatic hydroxyl groups excluding tert-OH is 1. The van der Waals surface area contributed by atoms with Crippen molar-refractivity contribution in [3.63, 3.8) is 0 Å². The lowest BCUT2D eigenvalue weighted by atomic mass is 9.91. The fraction of sp³-hybridized carbons (Fsp3) is 0.889. The zero-order valence-corrected chi connectivity index (χ0v) is 7.45. The molecule has 0 aromatic carbocycles. The molecular weight excluding hydrogens is 156 g/mol. The number of ketones is 1. The molecule has 12 heavy (non-hydrogen) atoms. The third kappa shape index (κ3) is 2.57. The lowest BCUT2D eigenvalue weighted by Crippen LogP contribution is -2.29. The molecule has 1 fully saturated rings. The molecule has 1 rings (SSSR count). The van der Waals surface area contributed by atoms with Gasteiger partial charge in [-0.15, -0.1) is 0 Å². The van der Waals surface area contributed by atoms with Crippen LogP contribution in [-0.4, -0.2) is 30.7 Å². The largest absolute Gasteiger partial charge is 0.396 e. The van der Waals surface area contributed by atoms with Gasteiger partial charge in [0.25, 0.3) is 0 Å². The first-order valence-corrected chi connectivity index (χ1v) is 4.45. The molecule has 1 N–H and O–H groups in total. The van der Waals surface area contributed by atoms with Crippen molar-refractivity contribution in [3.05, 3.63) is 0 Å². The number of carbonyl (C=O) groups excluding carboxylic acids is 1. The lowest BCUT2D eigenvalue weighted by Gasteiger charge is -2.22. The summed E-state index contributed by atoms with van der Waals surface area (Å²) < 4.78 is 5.20. The molecule has 70 valence electrons. The highest BCUT2D eigenvalue weighted by molar-refractivity contribution is 5.81. The van der Waals surface area contributed by atoms with Crippen LogP contribution in [0.1, 0.15) is 19.8 Å². The predicted octanol–water partition coefficient (Wildman–Crippen LogP) is 0.610. The first kappa shape index (κ1) is 9.68. The average Bonchev–Trinajstić information content (AvgIpc) is 2.09. The van der Waals surface area contributed by atoms with E-state index in [0.29, 0.717) is 25.4 Å². The Morgan fingerprint density at radius 2 is 2.50 bits per heavy atom. The summed E-state index contributed by atoms with van der Waals surface area (Å²) in [5, 5.41) is 8.80. The number of carbonyl (C=O) groups is 1. The van der Waals surface area contributed by atoms with Gasteiger partial charge in [-0.3, -0.25) is 4.79 Å². The van der Waals surface area contributed by atoms with Crippen molar-refractivity contribution in [3.8, 4) is 0 Å². The quantitative estimate of drug-likeness (QED) is 0.678. The van der Waals surface area contributed by atoms with Gasteiger partial charge >= 0.3 is 0 Å². The lowest BCUT2D eigenvalue weighted by molar-refractivity contribution is -0.131. The van der Waals surface area contributed by atoms with Gasteiger partial charge in [0.1, 0.15) is 5.78 Å². The van der Waals surface area contributed by atoms with Crippen molar-refractivity contribution in [2.24, 2.45) is 11.8 Å². The van der Waals surface area contributed by atoms with Crippen LogP contribution in [0, 0.1) is 11.8 Å². The first-order valence-electron chi connectivity index (χ1n) is 4.45. The van der Waals surface area contributed by atoms with E-state index in [1.807, 2.05) is 6.92 Å². The molecule has 1 aliphatic heterocycles. The maximum atomic E-state index is 11.3. The smallest absolute Gasteiger partial charge is 0.140 e. The van der Waals surface area contributed by atoms with Crippen molar-refractivity contribution in [1.29, 1.82) is 0 Å². The normalized spacial score (nSPS) is 27.2. The molecule has 2 atom stereocenters. The SMILES string of the molecule is CC(CO)CC1COCCC1=O. The van der Waals surface area contributed by atoms with Crippen LogP contribution in [0.15, 0.2) is 0 Å². The van der Waals surface area contributed by atoms with Crippen LogP contribution >= 0.6 is 0 Å². The third-order valence-electron chi connectivity index (χ3n) is 2.27. The van der Waals surface area contributed by atoms with Gasteiger partial charge in [-0.2, -0.15) is 0 Å². The monoisotopic (exact) mass is 172 g/mol. The molecule has 3 heteroatoms. The highest BCUT2D eigenvalue weighted by atomic mass is 16.5. The van der Waals surface area contributed by atoms with Crippen molar-refractivity contribution >= 4 is 5.78 Å². The van der Waals surface area contributed by atoms with E-state index >= 15 is 0 Å². The van der Waals surface area contributed by atoms with Crippen molar-refractivity contribution in [2.75, 3.05) is 19.8 Å². The Morgan fingerprint density at radius 3 is 3.08 bits per heavy atom. The Hall–Kier alpha value is -0.410. The van der Waals surface area contributed by atoms with E-state index in [1.54, 1.807) is 0 Å². The van der Waals surface area contributed by atoms with Gasteiger partial charge < -0.3 is 9.84 Å². The summed E-state index contributed by atoms with van der Waals surface area (Å²) in [5.74, 6) is 0.531. The van der Waals surface area contributed by atoms with Gasteiger partial charge in [-0.1, -0.05) is 6.92 Å². The van der Waals surface area contributed by atoms with Gasteiger partial charge in [0.15, 0.2) is 0 Å². The third-order valence-corrected chi connectivity index (χ3v) is 2.27. The molecule has 0 bridgehead atoms. The molecule has 0 saturated carbocycles. The highest BCUT2D eigenvalue weighted by Crippen LogP contribution is 2.18. The van der Waals surface area contributed by atoms with E-state index < -0.39 is 0 Å². The molecule has 1 saturated heterocycles. The zero-order valence-electron chi connectivity index (χ0n) is 7.45. The van der Waals surface area contributed by atoms with Gasteiger partial charge in [-0.25, -0.2) is 0 Å². The van der Waals surface area contributed by atoms with Gasteiger partial charge in [-0.05, 0) is 12.3 Å². The Bertz CT molecular complexity index is 156. The van der Waals surface area contributed by atoms with E-state index in [-0.39, 0.29) is 18.4 Å². The van der Waals surface area contributed by atoms with Gasteiger partial charge in [0.2, 0.25) is 0 Å². The number of ether oxygens (including phenoxy) is 1. The van der Waals surface area contributed by atoms with Crippen LogP contribution in [0.3, 0.4) is 0 Å². The average molecular weight is 172 g/mol. The van der Waals surface area contributed by atoms with Gasteiger partial charge in [0, 0.05) is 18.9 Å². The van der Waals surface area contributed by atoms with Crippen molar-refractivity contribution in [1.82, 2.24) is 0 Å². The second kappa shape index (κ2) is 4.58. The Balaban J connectivity index is 2.34. The van der Waals surface area contributed by atoms with E-state index in [0.717, 1.165) is 6.42 Å². The summed E-state index contributed by atoms with van der Waals surface area (Å²) in [6.45, 7) is 3.22. The van der Waals surface area contributed by atoms with Crippen LogP contribution in [0.4, 0.5) is 0 Å². The van der Waals surface area contributed by atoms with Crippen molar-refractivity contribution < 1.29 is 14.6 Å².